The van der Waals surface area contributed by atoms with E-state index in [1.54, 1.807) is 24.3 Å². The Morgan fingerprint density at radius 3 is 2.63 bits per heavy atom. The second-order valence-corrected chi connectivity index (χ2v) is 10.5. The highest BCUT2D eigenvalue weighted by Gasteiger charge is 2.21. The number of hydrogen-bond acceptors (Lipinski definition) is 7. The van der Waals surface area contributed by atoms with Gasteiger partial charge in [0, 0.05) is 23.1 Å². The first-order valence-corrected chi connectivity index (χ1v) is 12.2. The highest BCUT2D eigenvalue weighted by molar-refractivity contribution is 8.00. The Bertz CT molecular complexity index is 849. The minimum absolute atomic E-state index is 0.145. The van der Waals surface area contributed by atoms with Gasteiger partial charge in [0.1, 0.15) is 0 Å². The summed E-state index contributed by atoms with van der Waals surface area (Å²) in [6.07, 6.45) is 6.29. The van der Waals surface area contributed by atoms with E-state index >= 15 is 0 Å². The average Bonchev–Trinajstić information content (AvgIpc) is 3.16. The van der Waals surface area contributed by atoms with Crippen LogP contribution >= 0.6 is 23.1 Å². The van der Waals surface area contributed by atoms with Gasteiger partial charge >= 0.3 is 0 Å². The van der Waals surface area contributed by atoms with Crippen LogP contribution in [0.5, 0.6) is 0 Å². The summed E-state index contributed by atoms with van der Waals surface area (Å²) >= 11 is 2.67. The summed E-state index contributed by atoms with van der Waals surface area (Å²) in [5.41, 5.74) is 0.468. The molecule has 1 aromatic carbocycles. The number of amides is 1. The van der Waals surface area contributed by atoms with E-state index in [1.165, 1.54) is 32.1 Å². The molecule has 0 spiro atoms. The molecule has 146 valence electrons. The van der Waals surface area contributed by atoms with Crippen LogP contribution in [-0.2, 0) is 10.0 Å². The van der Waals surface area contributed by atoms with Gasteiger partial charge < -0.3 is 0 Å². The molecule has 0 radical (unpaired) electrons. The van der Waals surface area contributed by atoms with Crippen molar-refractivity contribution in [2.24, 2.45) is 0 Å². The van der Waals surface area contributed by atoms with Gasteiger partial charge in [0.2, 0.25) is 9.47 Å². The number of carbonyl (C=O) groups excluding carboxylic acids is 1. The standard InChI is InChI=1S/C17H22N4O3S3/c22-15(13-7-3-1-4-8-13)19-16-20-21-17(26-16)27(23,24)18-11-12-25-14-9-5-2-6-10-14/h1,3-4,7-8,14,18H,2,5-6,9-12H2,(H,19,20,22). The number of benzene rings is 1. The van der Waals surface area contributed by atoms with Gasteiger partial charge in [-0.25, -0.2) is 13.1 Å². The lowest BCUT2D eigenvalue weighted by Crippen LogP contribution is -2.26. The van der Waals surface area contributed by atoms with Crippen LogP contribution in [0, 0.1) is 0 Å². The molecule has 0 saturated heterocycles. The molecule has 27 heavy (non-hydrogen) atoms. The van der Waals surface area contributed by atoms with Gasteiger partial charge in [0.25, 0.3) is 15.9 Å². The fourth-order valence-corrected chi connectivity index (χ4v) is 6.14. The van der Waals surface area contributed by atoms with Crippen molar-refractivity contribution in [3.8, 4) is 0 Å². The molecule has 0 atom stereocenters. The van der Waals surface area contributed by atoms with Crippen molar-refractivity contribution in [1.29, 1.82) is 0 Å². The minimum atomic E-state index is -3.71. The van der Waals surface area contributed by atoms with Crippen molar-refractivity contribution in [2.75, 3.05) is 17.6 Å². The largest absolute Gasteiger partial charge is 0.296 e. The lowest BCUT2D eigenvalue weighted by molar-refractivity contribution is 0.102. The zero-order chi connectivity index (χ0) is 19.1. The molecule has 1 fully saturated rings. The van der Waals surface area contributed by atoms with Crippen molar-refractivity contribution in [2.45, 2.75) is 41.7 Å². The Labute approximate surface area is 167 Å². The SMILES string of the molecule is O=C(Nc1nnc(S(=O)(=O)NCCSC2CCCCC2)s1)c1ccccc1. The highest BCUT2D eigenvalue weighted by Crippen LogP contribution is 2.28. The number of anilines is 1. The Morgan fingerprint density at radius 2 is 1.89 bits per heavy atom. The zero-order valence-electron chi connectivity index (χ0n) is 14.8. The van der Waals surface area contributed by atoms with Gasteiger partial charge in [-0.3, -0.25) is 10.1 Å². The second-order valence-electron chi connectivity index (χ2n) is 6.22. The molecule has 2 N–H and O–H groups in total. The Hall–Kier alpha value is -1.49. The summed E-state index contributed by atoms with van der Waals surface area (Å²) in [6.45, 7) is 0.356. The molecule has 1 aromatic heterocycles. The summed E-state index contributed by atoms with van der Waals surface area (Å²) in [4.78, 5) is 12.1. The molecule has 0 unspecified atom stereocenters. The minimum Gasteiger partial charge on any atom is -0.296 e. The fraction of sp³-hybridized carbons (Fsp3) is 0.471. The predicted octanol–water partition coefficient (Wildman–Crippen LogP) is 3.13. The maximum absolute atomic E-state index is 12.3. The van der Waals surface area contributed by atoms with Gasteiger partial charge in [-0.05, 0) is 25.0 Å². The van der Waals surface area contributed by atoms with Crippen LogP contribution in [0.2, 0.25) is 0 Å². The summed E-state index contributed by atoms with van der Waals surface area (Å²) in [6, 6.07) is 8.64. The van der Waals surface area contributed by atoms with Crippen molar-refractivity contribution in [3.63, 3.8) is 0 Å². The van der Waals surface area contributed by atoms with Gasteiger partial charge in [0.15, 0.2) is 0 Å². The molecule has 1 saturated carbocycles. The summed E-state index contributed by atoms with van der Waals surface area (Å²) in [5.74, 6) is 0.382. The zero-order valence-corrected chi connectivity index (χ0v) is 17.2. The lowest BCUT2D eigenvalue weighted by Gasteiger charge is -2.20. The van der Waals surface area contributed by atoms with Crippen molar-refractivity contribution < 1.29 is 13.2 Å². The fourth-order valence-electron chi connectivity index (χ4n) is 2.82. The topological polar surface area (TPSA) is 101 Å². The number of thioether (sulfide) groups is 1. The van der Waals surface area contributed by atoms with E-state index in [0.717, 1.165) is 17.1 Å². The second kappa shape index (κ2) is 9.63. The first-order chi connectivity index (χ1) is 13.0. The van der Waals surface area contributed by atoms with E-state index in [0.29, 0.717) is 17.4 Å². The highest BCUT2D eigenvalue weighted by atomic mass is 32.2. The first kappa shape index (κ1) is 20.2. The van der Waals surface area contributed by atoms with Gasteiger partial charge in [0.05, 0.1) is 0 Å². The number of hydrogen-bond donors (Lipinski definition) is 2. The van der Waals surface area contributed by atoms with Crippen LogP contribution in [0.1, 0.15) is 42.5 Å². The Kier molecular flexibility index (Phi) is 7.22. The smallest absolute Gasteiger partial charge is 0.269 e. The molecular weight excluding hydrogens is 404 g/mol. The summed E-state index contributed by atoms with van der Waals surface area (Å²) in [7, 11) is -3.71. The number of rotatable bonds is 8. The molecule has 0 bridgehead atoms. The maximum atomic E-state index is 12.3. The monoisotopic (exact) mass is 426 g/mol. The molecule has 1 heterocycles. The van der Waals surface area contributed by atoms with E-state index < -0.39 is 10.0 Å². The summed E-state index contributed by atoms with van der Waals surface area (Å²) < 4.78 is 27.1. The maximum Gasteiger partial charge on any atom is 0.269 e. The molecular formula is C17H22N4O3S3. The number of sulfonamides is 1. The quantitative estimate of drug-likeness (QED) is 0.497. The van der Waals surface area contributed by atoms with Crippen molar-refractivity contribution >= 4 is 44.2 Å². The van der Waals surface area contributed by atoms with Crippen molar-refractivity contribution in [3.05, 3.63) is 35.9 Å². The summed E-state index contributed by atoms with van der Waals surface area (Å²) in [5, 5.41) is 10.8. The van der Waals surface area contributed by atoms with Crippen LogP contribution in [0.3, 0.4) is 0 Å². The van der Waals surface area contributed by atoms with Crippen LogP contribution in [-0.4, -0.2) is 42.1 Å². The average molecular weight is 427 g/mol. The first-order valence-electron chi connectivity index (χ1n) is 8.86. The van der Waals surface area contributed by atoms with Gasteiger partial charge in [-0.2, -0.15) is 11.8 Å². The number of nitrogens with one attached hydrogen (secondary N) is 2. The molecule has 1 aliphatic rings. The van der Waals surface area contributed by atoms with Gasteiger partial charge in [-0.15, -0.1) is 10.2 Å². The van der Waals surface area contributed by atoms with E-state index in [2.05, 4.69) is 20.2 Å². The molecule has 0 aliphatic heterocycles. The third kappa shape index (κ3) is 6.00. The normalized spacial score (nSPS) is 15.6. The molecule has 3 rings (SSSR count). The predicted molar refractivity (Wildman–Crippen MR) is 109 cm³/mol. The van der Waals surface area contributed by atoms with E-state index in [4.69, 9.17) is 0 Å². The molecule has 1 amide bonds. The third-order valence-electron chi connectivity index (χ3n) is 4.19. The molecule has 2 aromatic rings. The molecule has 1 aliphatic carbocycles. The van der Waals surface area contributed by atoms with Crippen LogP contribution in [0.15, 0.2) is 34.7 Å². The van der Waals surface area contributed by atoms with Crippen LogP contribution < -0.4 is 10.0 Å². The molecule has 10 heteroatoms. The van der Waals surface area contributed by atoms with Crippen LogP contribution in [0.4, 0.5) is 5.13 Å². The Balaban J connectivity index is 1.49. The third-order valence-corrected chi connectivity index (χ3v) is 8.24. The molecule has 7 nitrogen and oxygen atoms in total. The number of aromatic nitrogens is 2. The van der Waals surface area contributed by atoms with Crippen molar-refractivity contribution in [1.82, 2.24) is 14.9 Å². The van der Waals surface area contributed by atoms with Crippen LogP contribution in [0.25, 0.3) is 0 Å². The van der Waals surface area contributed by atoms with E-state index in [1.807, 2.05) is 17.8 Å². The Morgan fingerprint density at radius 1 is 1.15 bits per heavy atom. The number of carbonyl (C=O) groups is 1. The number of nitrogens with zero attached hydrogens (tertiary/aromatic N) is 2. The lowest BCUT2D eigenvalue weighted by atomic mass is 10.0. The van der Waals surface area contributed by atoms with E-state index in [9.17, 15) is 13.2 Å². The van der Waals surface area contributed by atoms with E-state index in [-0.39, 0.29) is 15.4 Å². The van der Waals surface area contributed by atoms with Gasteiger partial charge in [-0.1, -0.05) is 48.8 Å².